The molecule has 1 aliphatic carbocycles. The van der Waals surface area contributed by atoms with Gasteiger partial charge in [0.25, 0.3) is 0 Å². The number of amides is 1. The van der Waals surface area contributed by atoms with E-state index in [9.17, 15) is 23.1 Å². The van der Waals surface area contributed by atoms with Gasteiger partial charge in [0.1, 0.15) is 0 Å². The molecule has 1 aromatic rings. The van der Waals surface area contributed by atoms with E-state index in [4.69, 9.17) is 0 Å². The lowest BCUT2D eigenvalue weighted by molar-refractivity contribution is -0.144. The number of carbonyl (C=O) groups is 1. The smallest absolute Gasteiger partial charge is 0.390 e. The van der Waals surface area contributed by atoms with Gasteiger partial charge in [-0.1, -0.05) is 19.9 Å². The summed E-state index contributed by atoms with van der Waals surface area (Å²) in [5, 5.41) is 13.7. The van der Waals surface area contributed by atoms with Gasteiger partial charge in [0, 0.05) is 37.6 Å². The second-order valence-electron chi connectivity index (χ2n) is 11.0. The molecular formula is C26H38F3N3O2. The van der Waals surface area contributed by atoms with Crippen molar-refractivity contribution in [3.8, 4) is 0 Å². The Morgan fingerprint density at radius 2 is 2.00 bits per heavy atom. The zero-order valence-electron chi connectivity index (χ0n) is 20.9. The number of nitrogens with zero attached hydrogens (tertiary/aromatic N) is 2. The van der Waals surface area contributed by atoms with Crippen molar-refractivity contribution in [3.05, 3.63) is 35.7 Å². The standard InChI is InChI=1S/C26H38F3N3O2/c1-17(2)25(9-6-22(14-25)31-18(3)13-24(4,5)34)23(33)32-10-7-19(8-11-32)20-12-21(16-30-15-20)26(27,28)29/h7,12,15-18,22,31,34H,6,8-11,13-14H2,1-5H3/t18?,22-,25+/m1/s1. The van der Waals surface area contributed by atoms with Crippen LogP contribution in [0.1, 0.15) is 77.8 Å². The molecule has 1 aliphatic heterocycles. The minimum atomic E-state index is -4.43. The molecule has 0 saturated heterocycles. The van der Waals surface area contributed by atoms with Crippen molar-refractivity contribution in [2.24, 2.45) is 11.3 Å². The summed E-state index contributed by atoms with van der Waals surface area (Å²) in [7, 11) is 0. The molecule has 2 heterocycles. The zero-order valence-corrected chi connectivity index (χ0v) is 20.9. The first-order chi connectivity index (χ1) is 15.7. The summed E-state index contributed by atoms with van der Waals surface area (Å²) in [6, 6.07) is 1.49. The summed E-state index contributed by atoms with van der Waals surface area (Å²) >= 11 is 0. The molecule has 2 aliphatic rings. The number of alkyl halides is 3. The van der Waals surface area contributed by atoms with Gasteiger partial charge in [0.2, 0.25) is 5.91 Å². The number of carbonyl (C=O) groups excluding carboxylic acids is 1. The van der Waals surface area contributed by atoms with Crippen LogP contribution in [0.3, 0.4) is 0 Å². The molecule has 1 saturated carbocycles. The highest BCUT2D eigenvalue weighted by molar-refractivity contribution is 5.84. The molecule has 34 heavy (non-hydrogen) atoms. The molecule has 0 bridgehead atoms. The van der Waals surface area contributed by atoms with Gasteiger partial charge < -0.3 is 15.3 Å². The average Bonchev–Trinajstić information content (AvgIpc) is 3.16. The number of halogens is 3. The highest BCUT2D eigenvalue weighted by Crippen LogP contribution is 2.46. The van der Waals surface area contributed by atoms with Crippen molar-refractivity contribution in [3.63, 3.8) is 0 Å². The van der Waals surface area contributed by atoms with E-state index in [2.05, 4.69) is 31.1 Å². The molecule has 2 N–H and O–H groups in total. The van der Waals surface area contributed by atoms with E-state index in [0.29, 0.717) is 31.5 Å². The van der Waals surface area contributed by atoms with Crippen LogP contribution in [0, 0.1) is 11.3 Å². The maximum Gasteiger partial charge on any atom is 0.417 e. The lowest BCUT2D eigenvalue weighted by atomic mass is 9.74. The molecule has 3 atom stereocenters. The number of hydrogen-bond donors (Lipinski definition) is 2. The van der Waals surface area contributed by atoms with Crippen molar-refractivity contribution < 1.29 is 23.1 Å². The first-order valence-corrected chi connectivity index (χ1v) is 12.2. The molecule has 1 unspecified atom stereocenters. The lowest BCUT2D eigenvalue weighted by Gasteiger charge is -2.39. The van der Waals surface area contributed by atoms with Crippen LogP contribution >= 0.6 is 0 Å². The Hall–Kier alpha value is -1.93. The normalized spacial score (nSPS) is 24.9. The maximum absolute atomic E-state index is 13.7. The molecular weight excluding hydrogens is 443 g/mol. The van der Waals surface area contributed by atoms with E-state index in [1.54, 1.807) is 13.8 Å². The quantitative estimate of drug-likeness (QED) is 0.572. The van der Waals surface area contributed by atoms with Crippen molar-refractivity contribution in [2.45, 2.75) is 90.6 Å². The van der Waals surface area contributed by atoms with Gasteiger partial charge in [0.15, 0.2) is 0 Å². The third-order valence-electron chi connectivity index (χ3n) is 7.34. The molecule has 1 amide bonds. The van der Waals surface area contributed by atoms with Gasteiger partial charge in [-0.05, 0) is 76.0 Å². The van der Waals surface area contributed by atoms with Crippen LogP contribution in [0.2, 0.25) is 0 Å². The van der Waals surface area contributed by atoms with Gasteiger partial charge in [-0.3, -0.25) is 9.78 Å². The molecule has 8 heteroatoms. The van der Waals surface area contributed by atoms with Crippen molar-refractivity contribution in [1.29, 1.82) is 0 Å². The first-order valence-electron chi connectivity index (χ1n) is 12.2. The molecule has 0 aromatic carbocycles. The predicted molar refractivity (Wildman–Crippen MR) is 127 cm³/mol. The summed E-state index contributed by atoms with van der Waals surface area (Å²) < 4.78 is 39.2. The number of aromatic nitrogens is 1. The Morgan fingerprint density at radius 1 is 1.29 bits per heavy atom. The number of rotatable bonds is 7. The van der Waals surface area contributed by atoms with Gasteiger partial charge in [-0.2, -0.15) is 13.2 Å². The molecule has 0 spiro atoms. The molecule has 1 fully saturated rings. The van der Waals surface area contributed by atoms with Gasteiger partial charge in [-0.25, -0.2) is 0 Å². The van der Waals surface area contributed by atoms with E-state index in [0.717, 1.165) is 37.1 Å². The van der Waals surface area contributed by atoms with Crippen LogP contribution in [0.15, 0.2) is 24.5 Å². The van der Waals surface area contributed by atoms with Crippen LogP contribution in [0.4, 0.5) is 13.2 Å². The molecule has 1 aromatic heterocycles. The minimum Gasteiger partial charge on any atom is -0.390 e. The molecule has 190 valence electrons. The predicted octanol–water partition coefficient (Wildman–Crippen LogP) is 5.05. The van der Waals surface area contributed by atoms with Crippen molar-refractivity contribution in [1.82, 2.24) is 15.2 Å². The third kappa shape index (κ3) is 6.19. The Labute approximate surface area is 200 Å². The highest BCUT2D eigenvalue weighted by Gasteiger charge is 2.49. The van der Waals surface area contributed by atoms with Crippen molar-refractivity contribution in [2.75, 3.05) is 13.1 Å². The Bertz CT molecular complexity index is 907. The van der Waals surface area contributed by atoms with E-state index >= 15 is 0 Å². The van der Waals surface area contributed by atoms with Crippen LogP contribution in [-0.2, 0) is 11.0 Å². The van der Waals surface area contributed by atoms with Gasteiger partial charge in [-0.15, -0.1) is 0 Å². The number of aliphatic hydroxyl groups is 1. The maximum atomic E-state index is 13.7. The summed E-state index contributed by atoms with van der Waals surface area (Å²) in [6.07, 6.45) is 3.34. The summed E-state index contributed by atoms with van der Waals surface area (Å²) in [5.41, 5.74) is -0.691. The van der Waals surface area contributed by atoms with Crippen LogP contribution in [-0.4, -0.2) is 51.7 Å². The van der Waals surface area contributed by atoms with Crippen LogP contribution in [0.25, 0.3) is 5.57 Å². The zero-order chi connectivity index (χ0) is 25.3. The van der Waals surface area contributed by atoms with Gasteiger partial charge >= 0.3 is 6.18 Å². The lowest BCUT2D eigenvalue weighted by Crippen LogP contribution is -2.48. The number of nitrogens with one attached hydrogen (secondary N) is 1. The second kappa shape index (κ2) is 9.97. The van der Waals surface area contributed by atoms with Crippen LogP contribution < -0.4 is 5.32 Å². The minimum absolute atomic E-state index is 0.138. The fraction of sp³-hybridized carbons (Fsp3) is 0.692. The monoisotopic (exact) mass is 481 g/mol. The fourth-order valence-corrected chi connectivity index (χ4v) is 5.60. The summed E-state index contributed by atoms with van der Waals surface area (Å²) in [4.78, 5) is 19.3. The summed E-state index contributed by atoms with van der Waals surface area (Å²) in [6.45, 7) is 10.7. The SMILES string of the molecule is CC(CC(C)(C)O)N[C@@H]1CC[C@@](C(=O)N2CC=C(c3cncc(C(F)(F)F)c3)CC2)(C(C)C)C1. The Kier molecular flexibility index (Phi) is 7.82. The summed E-state index contributed by atoms with van der Waals surface area (Å²) in [5.74, 6) is 0.314. The fourth-order valence-electron chi connectivity index (χ4n) is 5.60. The Morgan fingerprint density at radius 3 is 2.56 bits per heavy atom. The molecule has 5 nitrogen and oxygen atoms in total. The first kappa shape index (κ1) is 26.7. The molecule has 3 rings (SSSR count). The molecule has 0 radical (unpaired) electrons. The van der Waals surface area contributed by atoms with Crippen molar-refractivity contribution >= 4 is 11.5 Å². The Balaban J connectivity index is 1.68. The number of pyridine rings is 1. The van der Waals surface area contributed by atoms with Gasteiger partial charge in [0.05, 0.1) is 16.6 Å². The van der Waals surface area contributed by atoms with E-state index in [-0.39, 0.29) is 23.9 Å². The second-order valence-corrected chi connectivity index (χ2v) is 11.0. The van der Waals surface area contributed by atoms with E-state index in [1.807, 2.05) is 11.0 Å². The third-order valence-corrected chi connectivity index (χ3v) is 7.34. The topological polar surface area (TPSA) is 65.5 Å². The van der Waals surface area contributed by atoms with Crippen LogP contribution in [0.5, 0.6) is 0 Å². The average molecular weight is 482 g/mol. The van der Waals surface area contributed by atoms with E-state index < -0.39 is 22.8 Å². The van der Waals surface area contributed by atoms with E-state index in [1.165, 1.54) is 6.20 Å². The largest absolute Gasteiger partial charge is 0.417 e. The number of hydrogen-bond acceptors (Lipinski definition) is 4. The highest BCUT2D eigenvalue weighted by atomic mass is 19.4.